The van der Waals surface area contributed by atoms with Gasteiger partial charge < -0.3 is 14.8 Å². The summed E-state index contributed by atoms with van der Waals surface area (Å²) in [6, 6.07) is 7.24. The predicted molar refractivity (Wildman–Crippen MR) is 124 cm³/mol. The van der Waals surface area contributed by atoms with Gasteiger partial charge in [-0.1, -0.05) is 0 Å². The number of amides is 1. The number of benzene rings is 1. The number of ether oxygens (including phenoxy) is 2. The molecule has 0 spiro atoms. The number of rotatable bonds is 6. The van der Waals surface area contributed by atoms with Crippen LogP contribution in [0.2, 0.25) is 0 Å². The third-order valence-electron chi connectivity index (χ3n) is 5.51. The second kappa shape index (κ2) is 9.22. The minimum Gasteiger partial charge on any atom is -0.491 e. The average molecular weight is 455 g/mol. The molecule has 168 valence electrons. The fraction of sp³-hybridized carbons (Fsp3) is 0.391. The van der Waals surface area contributed by atoms with E-state index in [0.29, 0.717) is 33.4 Å². The molecule has 1 aromatic carbocycles. The molecule has 2 aromatic heterocycles. The van der Waals surface area contributed by atoms with Crippen molar-refractivity contribution in [3.8, 4) is 16.3 Å². The maximum absolute atomic E-state index is 12.9. The summed E-state index contributed by atoms with van der Waals surface area (Å²) in [6.45, 7) is 6.79. The maximum atomic E-state index is 12.9. The number of aryl methyl sites for hydroxylation is 3. The molecule has 0 radical (unpaired) electrons. The third-order valence-corrected chi connectivity index (χ3v) is 6.69. The Hall–Kier alpha value is -3.04. The van der Waals surface area contributed by atoms with E-state index in [-0.39, 0.29) is 17.6 Å². The Balaban J connectivity index is 1.48. The van der Waals surface area contributed by atoms with Gasteiger partial charge in [0.1, 0.15) is 22.2 Å². The molecule has 1 amide bonds. The summed E-state index contributed by atoms with van der Waals surface area (Å²) in [5.74, 6) is 0.466. The smallest absolute Gasteiger partial charge is 0.277 e. The number of aromatic nitrogens is 3. The van der Waals surface area contributed by atoms with Crippen LogP contribution >= 0.6 is 11.3 Å². The van der Waals surface area contributed by atoms with Crippen LogP contribution in [-0.2, 0) is 11.8 Å². The summed E-state index contributed by atoms with van der Waals surface area (Å²) in [4.78, 5) is 30.5. The zero-order valence-electron chi connectivity index (χ0n) is 18.6. The molecule has 1 aliphatic heterocycles. The number of hydrogen-bond acceptors (Lipinski definition) is 7. The molecule has 3 heterocycles. The Bertz CT molecular complexity index is 1190. The van der Waals surface area contributed by atoms with E-state index in [4.69, 9.17) is 9.47 Å². The van der Waals surface area contributed by atoms with Crippen molar-refractivity contribution in [3.63, 3.8) is 0 Å². The van der Waals surface area contributed by atoms with Gasteiger partial charge in [0.25, 0.3) is 11.5 Å². The summed E-state index contributed by atoms with van der Waals surface area (Å²) in [5.41, 5.74) is 3.01. The van der Waals surface area contributed by atoms with E-state index in [0.717, 1.165) is 36.5 Å². The zero-order valence-corrected chi connectivity index (χ0v) is 19.4. The van der Waals surface area contributed by atoms with Gasteiger partial charge in [0.2, 0.25) is 0 Å². The van der Waals surface area contributed by atoms with E-state index in [1.165, 1.54) is 16.0 Å². The minimum atomic E-state index is -0.264. The van der Waals surface area contributed by atoms with Gasteiger partial charge in [0.05, 0.1) is 23.1 Å². The summed E-state index contributed by atoms with van der Waals surface area (Å²) in [6.07, 6.45) is 2.25. The number of hydrogen-bond donors (Lipinski definition) is 1. The van der Waals surface area contributed by atoms with Crippen LogP contribution in [0.15, 0.2) is 29.1 Å². The Morgan fingerprint density at radius 2 is 2.00 bits per heavy atom. The topological polar surface area (TPSA) is 95.3 Å². The highest BCUT2D eigenvalue weighted by atomic mass is 32.1. The molecule has 3 aromatic rings. The molecular weight excluding hydrogens is 428 g/mol. The molecule has 1 saturated heterocycles. The second-order valence-electron chi connectivity index (χ2n) is 7.87. The number of nitrogens with one attached hydrogen (secondary N) is 1. The van der Waals surface area contributed by atoms with Gasteiger partial charge in [-0.2, -0.15) is 5.10 Å². The normalized spacial score (nSPS) is 15.7. The van der Waals surface area contributed by atoms with E-state index < -0.39 is 0 Å². The minimum absolute atomic E-state index is 0.155. The highest BCUT2D eigenvalue weighted by Gasteiger charge is 2.21. The molecule has 8 nitrogen and oxygen atoms in total. The van der Waals surface area contributed by atoms with Crippen molar-refractivity contribution in [1.82, 2.24) is 14.8 Å². The van der Waals surface area contributed by atoms with Crippen molar-refractivity contribution in [2.75, 3.05) is 18.5 Å². The van der Waals surface area contributed by atoms with Gasteiger partial charge in [-0.25, -0.2) is 9.67 Å². The molecule has 1 unspecified atom stereocenters. The molecule has 0 aliphatic carbocycles. The molecule has 32 heavy (non-hydrogen) atoms. The van der Waals surface area contributed by atoms with Crippen molar-refractivity contribution in [2.45, 2.75) is 39.7 Å². The summed E-state index contributed by atoms with van der Waals surface area (Å²) < 4.78 is 12.6. The fourth-order valence-electron chi connectivity index (χ4n) is 3.60. The zero-order chi connectivity index (χ0) is 22.8. The summed E-state index contributed by atoms with van der Waals surface area (Å²) in [7, 11) is 1.61. The Morgan fingerprint density at radius 3 is 2.69 bits per heavy atom. The van der Waals surface area contributed by atoms with Gasteiger partial charge in [0, 0.05) is 19.3 Å². The largest absolute Gasteiger partial charge is 0.491 e. The van der Waals surface area contributed by atoms with Crippen molar-refractivity contribution < 1.29 is 14.3 Å². The molecule has 1 atom stereocenters. The van der Waals surface area contributed by atoms with Crippen LogP contribution in [0, 0.1) is 20.8 Å². The SMILES string of the molecule is Cc1nc(-c2c(C)c(C)nn(C)c2=O)sc1C(=O)Nc1ccc(OCC2CCCO2)cc1. The monoisotopic (exact) mass is 454 g/mol. The van der Waals surface area contributed by atoms with Crippen molar-refractivity contribution in [3.05, 3.63) is 56.4 Å². The van der Waals surface area contributed by atoms with Gasteiger partial charge >= 0.3 is 0 Å². The van der Waals surface area contributed by atoms with Crippen LogP contribution < -0.4 is 15.6 Å². The highest BCUT2D eigenvalue weighted by Crippen LogP contribution is 2.29. The first-order valence-corrected chi connectivity index (χ1v) is 11.3. The Morgan fingerprint density at radius 1 is 1.25 bits per heavy atom. The van der Waals surface area contributed by atoms with Crippen molar-refractivity contribution in [2.24, 2.45) is 7.05 Å². The lowest BCUT2D eigenvalue weighted by molar-refractivity contribution is 0.0679. The number of thiazole rings is 1. The molecule has 4 rings (SSSR count). The molecular formula is C23H26N4O4S. The maximum Gasteiger partial charge on any atom is 0.277 e. The number of carbonyl (C=O) groups excluding carboxylic acids is 1. The lowest BCUT2D eigenvalue weighted by atomic mass is 10.1. The van der Waals surface area contributed by atoms with Crippen LogP contribution in [0.3, 0.4) is 0 Å². The van der Waals surface area contributed by atoms with E-state index in [2.05, 4.69) is 15.4 Å². The van der Waals surface area contributed by atoms with Crippen LogP contribution in [0.5, 0.6) is 5.75 Å². The molecule has 1 N–H and O–H groups in total. The van der Waals surface area contributed by atoms with Crippen molar-refractivity contribution >= 4 is 22.9 Å². The van der Waals surface area contributed by atoms with Crippen LogP contribution in [-0.4, -0.2) is 40.0 Å². The van der Waals surface area contributed by atoms with Crippen LogP contribution in [0.25, 0.3) is 10.6 Å². The first-order valence-electron chi connectivity index (χ1n) is 10.5. The van der Waals surface area contributed by atoms with E-state index in [1.807, 2.05) is 26.0 Å². The molecule has 1 aliphatic rings. The number of carbonyl (C=O) groups is 1. The van der Waals surface area contributed by atoms with Gasteiger partial charge in [-0.3, -0.25) is 9.59 Å². The first kappa shape index (κ1) is 22.2. The van der Waals surface area contributed by atoms with E-state index in [9.17, 15) is 9.59 Å². The van der Waals surface area contributed by atoms with Gasteiger partial charge in [-0.15, -0.1) is 11.3 Å². The first-order chi connectivity index (χ1) is 15.3. The van der Waals surface area contributed by atoms with Gasteiger partial charge in [-0.05, 0) is 63.4 Å². The number of anilines is 1. The van der Waals surface area contributed by atoms with Crippen LogP contribution in [0.1, 0.15) is 39.5 Å². The standard InChI is InChI=1S/C23H26N4O4S/c1-13-14(2)26-27(4)23(29)19(13)22-24-15(3)20(32-22)21(28)25-16-7-9-17(10-8-16)31-12-18-6-5-11-30-18/h7-10,18H,5-6,11-12H2,1-4H3,(H,25,28). The average Bonchev–Trinajstić information content (AvgIpc) is 3.42. The second-order valence-corrected chi connectivity index (χ2v) is 8.87. The lowest BCUT2D eigenvalue weighted by Gasteiger charge is -2.12. The fourth-order valence-corrected chi connectivity index (χ4v) is 4.66. The molecule has 1 fully saturated rings. The predicted octanol–water partition coefficient (Wildman–Crippen LogP) is 3.64. The highest BCUT2D eigenvalue weighted by molar-refractivity contribution is 7.17. The molecule has 9 heteroatoms. The Kier molecular flexibility index (Phi) is 6.38. The third kappa shape index (κ3) is 4.58. The number of nitrogens with zero attached hydrogens (tertiary/aromatic N) is 3. The summed E-state index contributed by atoms with van der Waals surface area (Å²) in [5, 5.41) is 7.62. The van der Waals surface area contributed by atoms with E-state index in [1.54, 1.807) is 26.1 Å². The van der Waals surface area contributed by atoms with Gasteiger partial charge in [0.15, 0.2) is 0 Å². The van der Waals surface area contributed by atoms with Crippen molar-refractivity contribution in [1.29, 1.82) is 0 Å². The van der Waals surface area contributed by atoms with Crippen LogP contribution in [0.4, 0.5) is 5.69 Å². The Labute approximate surface area is 190 Å². The van der Waals surface area contributed by atoms with E-state index >= 15 is 0 Å². The quantitative estimate of drug-likeness (QED) is 0.611. The summed E-state index contributed by atoms with van der Waals surface area (Å²) >= 11 is 1.21. The molecule has 0 saturated carbocycles. The lowest BCUT2D eigenvalue weighted by Crippen LogP contribution is -2.23. The molecule has 0 bridgehead atoms.